The number of anilines is 1. The van der Waals surface area contributed by atoms with Crippen molar-refractivity contribution in [3.8, 4) is 0 Å². The number of nitro benzene ring substituents is 1. The predicted molar refractivity (Wildman–Crippen MR) is 72.3 cm³/mol. The van der Waals surface area contributed by atoms with Crippen LogP contribution >= 0.6 is 11.6 Å². The van der Waals surface area contributed by atoms with Crippen molar-refractivity contribution >= 4 is 28.9 Å². The Labute approximate surface area is 119 Å². The van der Waals surface area contributed by atoms with Gasteiger partial charge in [0.25, 0.3) is 5.69 Å². The second kappa shape index (κ2) is 6.06. The van der Waals surface area contributed by atoms with E-state index in [1.165, 1.54) is 18.2 Å². The number of nitro groups is 1. The summed E-state index contributed by atoms with van der Waals surface area (Å²) in [6.45, 7) is 0.995. The van der Waals surface area contributed by atoms with Crippen LogP contribution in [0.25, 0.3) is 0 Å². The third kappa shape index (κ3) is 3.17. The van der Waals surface area contributed by atoms with E-state index in [1.807, 2.05) is 0 Å². The molecule has 2 rings (SSSR count). The van der Waals surface area contributed by atoms with Crippen LogP contribution in [0.2, 0.25) is 5.02 Å². The number of aliphatic carboxylic acids is 1. The minimum atomic E-state index is -0.977. The first-order valence-electron chi connectivity index (χ1n) is 5.99. The summed E-state index contributed by atoms with van der Waals surface area (Å²) >= 11 is 5.90. The van der Waals surface area contributed by atoms with Gasteiger partial charge in [-0.1, -0.05) is 11.6 Å². The second-order valence-electron chi connectivity index (χ2n) is 4.41. The average Bonchev–Trinajstić information content (AvgIpc) is 2.38. The number of rotatable bonds is 4. The van der Waals surface area contributed by atoms with Crippen molar-refractivity contribution in [2.75, 3.05) is 24.7 Å². The first-order chi connectivity index (χ1) is 9.49. The SMILES string of the molecule is O=C(O)CC1COCCN1c1cc(Cl)ccc1[N+](=O)[O-]. The van der Waals surface area contributed by atoms with Crippen molar-refractivity contribution in [1.29, 1.82) is 0 Å². The van der Waals surface area contributed by atoms with Gasteiger partial charge in [-0.15, -0.1) is 0 Å². The fourth-order valence-electron chi connectivity index (χ4n) is 2.22. The summed E-state index contributed by atoms with van der Waals surface area (Å²) in [5.41, 5.74) is 0.240. The van der Waals surface area contributed by atoms with Crippen molar-refractivity contribution in [3.63, 3.8) is 0 Å². The molecule has 1 fully saturated rings. The van der Waals surface area contributed by atoms with Crippen molar-refractivity contribution in [2.24, 2.45) is 0 Å². The van der Waals surface area contributed by atoms with E-state index in [1.54, 1.807) is 4.90 Å². The molecule has 1 aliphatic rings. The molecule has 0 bridgehead atoms. The van der Waals surface area contributed by atoms with Crippen LogP contribution in [0.5, 0.6) is 0 Å². The van der Waals surface area contributed by atoms with Gasteiger partial charge in [-0.3, -0.25) is 14.9 Å². The van der Waals surface area contributed by atoms with E-state index in [2.05, 4.69) is 0 Å². The number of ether oxygens (including phenoxy) is 1. The molecule has 1 atom stereocenters. The van der Waals surface area contributed by atoms with E-state index in [-0.39, 0.29) is 18.7 Å². The average molecular weight is 301 g/mol. The third-order valence-electron chi connectivity index (χ3n) is 3.08. The van der Waals surface area contributed by atoms with Gasteiger partial charge < -0.3 is 14.7 Å². The molecule has 20 heavy (non-hydrogen) atoms. The highest BCUT2D eigenvalue weighted by Crippen LogP contribution is 2.33. The maximum atomic E-state index is 11.1. The molecule has 1 aliphatic heterocycles. The normalized spacial score (nSPS) is 18.9. The van der Waals surface area contributed by atoms with Gasteiger partial charge in [-0.05, 0) is 12.1 Å². The molecular weight excluding hydrogens is 288 g/mol. The molecule has 1 aromatic carbocycles. The van der Waals surface area contributed by atoms with Gasteiger partial charge in [0, 0.05) is 17.6 Å². The van der Waals surface area contributed by atoms with Crippen LogP contribution in [0, 0.1) is 10.1 Å². The Hall–Kier alpha value is -1.86. The summed E-state index contributed by atoms with van der Waals surface area (Å²) in [5, 5.41) is 20.4. The topological polar surface area (TPSA) is 92.9 Å². The number of halogens is 1. The molecular formula is C12H13ClN2O5. The van der Waals surface area contributed by atoms with Crippen molar-refractivity contribution in [1.82, 2.24) is 0 Å². The molecule has 0 saturated carbocycles. The highest BCUT2D eigenvalue weighted by molar-refractivity contribution is 6.31. The number of carbonyl (C=O) groups is 1. The number of benzene rings is 1. The Morgan fingerprint density at radius 1 is 1.60 bits per heavy atom. The molecule has 1 saturated heterocycles. The molecule has 0 radical (unpaired) electrons. The lowest BCUT2D eigenvalue weighted by Crippen LogP contribution is -2.46. The van der Waals surface area contributed by atoms with E-state index in [0.717, 1.165) is 0 Å². The Morgan fingerprint density at radius 2 is 2.35 bits per heavy atom. The van der Waals surface area contributed by atoms with Crippen LogP contribution in [-0.4, -0.2) is 41.8 Å². The summed E-state index contributed by atoms with van der Waals surface area (Å²) in [7, 11) is 0. The van der Waals surface area contributed by atoms with Gasteiger partial charge in [0.2, 0.25) is 0 Å². The molecule has 8 heteroatoms. The predicted octanol–water partition coefficient (Wildman–Crippen LogP) is 1.93. The highest BCUT2D eigenvalue weighted by atomic mass is 35.5. The lowest BCUT2D eigenvalue weighted by molar-refractivity contribution is -0.384. The molecule has 0 amide bonds. The van der Waals surface area contributed by atoms with E-state index >= 15 is 0 Å². The third-order valence-corrected chi connectivity index (χ3v) is 3.32. The monoisotopic (exact) mass is 300 g/mol. The zero-order valence-corrected chi connectivity index (χ0v) is 11.2. The number of morpholine rings is 1. The molecule has 7 nitrogen and oxygen atoms in total. The highest BCUT2D eigenvalue weighted by Gasteiger charge is 2.30. The van der Waals surface area contributed by atoms with Crippen LogP contribution in [-0.2, 0) is 9.53 Å². The van der Waals surface area contributed by atoms with Gasteiger partial charge in [0.05, 0.1) is 30.6 Å². The van der Waals surface area contributed by atoms with Crippen LogP contribution in [0.4, 0.5) is 11.4 Å². The van der Waals surface area contributed by atoms with Crippen LogP contribution in [0.1, 0.15) is 6.42 Å². The lowest BCUT2D eigenvalue weighted by atomic mass is 10.1. The standard InChI is InChI=1S/C12H13ClN2O5/c13-8-1-2-10(15(18)19)11(5-8)14-3-4-20-7-9(14)6-12(16)17/h1-2,5,9H,3-4,6-7H2,(H,16,17). The van der Waals surface area contributed by atoms with Crippen LogP contribution < -0.4 is 4.90 Å². The summed E-state index contributed by atoms with van der Waals surface area (Å²) in [4.78, 5) is 23.2. The molecule has 108 valence electrons. The van der Waals surface area contributed by atoms with E-state index in [9.17, 15) is 14.9 Å². The first-order valence-corrected chi connectivity index (χ1v) is 6.37. The Balaban J connectivity index is 2.38. The summed E-state index contributed by atoms with van der Waals surface area (Å²) in [6.07, 6.45) is -0.149. The lowest BCUT2D eigenvalue weighted by Gasteiger charge is -2.36. The van der Waals surface area contributed by atoms with Gasteiger partial charge in [0.1, 0.15) is 5.69 Å². The maximum Gasteiger partial charge on any atom is 0.305 e. The quantitative estimate of drug-likeness (QED) is 0.674. The number of carboxylic acids is 1. The zero-order chi connectivity index (χ0) is 14.7. The van der Waals surface area contributed by atoms with Gasteiger partial charge in [0.15, 0.2) is 0 Å². The largest absolute Gasteiger partial charge is 0.481 e. The summed E-state index contributed by atoms with van der Waals surface area (Å²) < 4.78 is 5.26. The smallest absolute Gasteiger partial charge is 0.305 e. The van der Waals surface area contributed by atoms with Crippen molar-refractivity contribution in [3.05, 3.63) is 33.3 Å². The van der Waals surface area contributed by atoms with Gasteiger partial charge in [-0.25, -0.2) is 0 Å². The Kier molecular flexibility index (Phi) is 4.41. The first kappa shape index (κ1) is 14.5. The number of hydrogen-bond acceptors (Lipinski definition) is 5. The molecule has 1 unspecified atom stereocenters. The number of hydrogen-bond donors (Lipinski definition) is 1. The Morgan fingerprint density at radius 3 is 3.00 bits per heavy atom. The minimum absolute atomic E-state index is 0.0910. The summed E-state index contributed by atoms with van der Waals surface area (Å²) in [6, 6.07) is 3.80. The molecule has 0 spiro atoms. The molecule has 1 heterocycles. The zero-order valence-electron chi connectivity index (χ0n) is 10.5. The number of carboxylic acid groups (broad SMARTS) is 1. The second-order valence-corrected chi connectivity index (χ2v) is 4.85. The fourth-order valence-corrected chi connectivity index (χ4v) is 2.39. The molecule has 1 N–H and O–H groups in total. The number of nitrogens with zero attached hydrogens (tertiary/aromatic N) is 2. The van der Waals surface area contributed by atoms with Gasteiger partial charge >= 0.3 is 5.97 Å². The molecule has 1 aromatic rings. The molecule has 0 aliphatic carbocycles. The Bertz CT molecular complexity index is 537. The minimum Gasteiger partial charge on any atom is -0.481 e. The van der Waals surface area contributed by atoms with Crippen molar-refractivity contribution < 1.29 is 19.6 Å². The van der Waals surface area contributed by atoms with Crippen LogP contribution in [0.15, 0.2) is 18.2 Å². The van der Waals surface area contributed by atoms with E-state index in [4.69, 9.17) is 21.4 Å². The molecule has 0 aromatic heterocycles. The maximum absolute atomic E-state index is 11.1. The fraction of sp³-hybridized carbons (Fsp3) is 0.417. The van der Waals surface area contributed by atoms with E-state index in [0.29, 0.717) is 23.9 Å². The van der Waals surface area contributed by atoms with Crippen LogP contribution in [0.3, 0.4) is 0 Å². The van der Waals surface area contributed by atoms with Gasteiger partial charge in [-0.2, -0.15) is 0 Å². The van der Waals surface area contributed by atoms with Crippen molar-refractivity contribution in [2.45, 2.75) is 12.5 Å². The summed E-state index contributed by atoms with van der Waals surface area (Å²) in [5.74, 6) is -0.977. The van der Waals surface area contributed by atoms with E-state index < -0.39 is 16.9 Å².